The van der Waals surface area contributed by atoms with E-state index in [0.29, 0.717) is 23.8 Å². The normalized spacial score (nSPS) is 31.3. The van der Waals surface area contributed by atoms with E-state index in [-0.39, 0.29) is 23.3 Å². The van der Waals surface area contributed by atoms with Gasteiger partial charge in [-0.2, -0.15) is 0 Å². The van der Waals surface area contributed by atoms with Crippen LogP contribution in [0, 0.1) is 29.0 Å². The molecule has 32 heavy (non-hydrogen) atoms. The van der Waals surface area contributed by atoms with E-state index < -0.39 is 0 Å². The Morgan fingerprint density at radius 2 is 2.03 bits per heavy atom. The molecule has 0 aromatic heterocycles. The van der Waals surface area contributed by atoms with Gasteiger partial charge in [0, 0.05) is 35.8 Å². The smallest absolute Gasteiger partial charge is 0.148 e. The van der Waals surface area contributed by atoms with Crippen molar-refractivity contribution in [3.05, 3.63) is 59.6 Å². The van der Waals surface area contributed by atoms with Crippen LogP contribution in [-0.4, -0.2) is 36.5 Å². The molecule has 1 aromatic rings. The SMILES string of the molecule is CC1(C)CN2CCN=C3C=CC4C=CC(=C4N3)c3cc(ccc3F)ON[C@@H]2CC1C1CC1. The molecule has 2 N–H and O–H groups in total. The van der Waals surface area contributed by atoms with Crippen LogP contribution >= 0.6 is 0 Å². The Morgan fingerprint density at radius 3 is 2.88 bits per heavy atom. The molecule has 0 amide bonds. The van der Waals surface area contributed by atoms with Crippen LogP contribution in [-0.2, 0) is 0 Å². The molecule has 3 atom stereocenters. The maximum atomic E-state index is 14.8. The number of rotatable bonds is 1. The molecule has 3 heterocycles. The molecule has 1 saturated carbocycles. The van der Waals surface area contributed by atoms with Crippen molar-refractivity contribution in [2.45, 2.75) is 39.3 Å². The predicted molar refractivity (Wildman–Crippen MR) is 124 cm³/mol. The van der Waals surface area contributed by atoms with E-state index in [1.807, 2.05) is 12.2 Å². The van der Waals surface area contributed by atoms with E-state index in [0.717, 1.165) is 42.5 Å². The minimum absolute atomic E-state index is 0.116. The van der Waals surface area contributed by atoms with Crippen molar-refractivity contribution < 1.29 is 9.23 Å². The Morgan fingerprint density at radius 1 is 1.19 bits per heavy atom. The number of piperidine rings is 1. The predicted octanol–water partition coefficient (Wildman–Crippen LogP) is 4.26. The van der Waals surface area contributed by atoms with Gasteiger partial charge >= 0.3 is 0 Å². The molecule has 1 aromatic carbocycles. The molecule has 0 radical (unpaired) electrons. The van der Waals surface area contributed by atoms with Crippen molar-refractivity contribution >= 4 is 11.4 Å². The van der Waals surface area contributed by atoms with E-state index in [9.17, 15) is 4.39 Å². The molecule has 3 aliphatic heterocycles. The van der Waals surface area contributed by atoms with Gasteiger partial charge < -0.3 is 10.2 Å². The molecule has 6 heteroatoms. The van der Waals surface area contributed by atoms with Crippen molar-refractivity contribution in [1.82, 2.24) is 15.7 Å². The van der Waals surface area contributed by atoms with Gasteiger partial charge in [-0.25, -0.2) is 4.39 Å². The number of aliphatic imine (C=N–C) groups is 1. The molecule has 2 unspecified atom stereocenters. The lowest BCUT2D eigenvalue weighted by Crippen LogP contribution is -2.58. The fourth-order valence-electron chi connectivity index (χ4n) is 5.93. The lowest BCUT2D eigenvalue weighted by molar-refractivity contribution is -0.0506. The Bertz CT molecular complexity index is 1050. The van der Waals surface area contributed by atoms with Gasteiger partial charge in [-0.05, 0) is 60.8 Å². The summed E-state index contributed by atoms with van der Waals surface area (Å²) in [6, 6.07) is 5.00. The summed E-state index contributed by atoms with van der Waals surface area (Å²) in [6.07, 6.45) is 12.1. The molecule has 6 rings (SSSR count). The van der Waals surface area contributed by atoms with Crippen LogP contribution in [0.4, 0.5) is 4.39 Å². The summed E-state index contributed by atoms with van der Waals surface area (Å²) in [6.45, 7) is 7.39. The Hall–Kier alpha value is -2.44. The Kier molecular flexibility index (Phi) is 4.77. The number of fused-ring (bicyclic) bond motifs is 5. The van der Waals surface area contributed by atoms with E-state index >= 15 is 0 Å². The second-order valence-electron chi connectivity index (χ2n) is 10.5. The molecule has 5 nitrogen and oxygen atoms in total. The minimum Gasteiger partial charge on any atom is -0.407 e. The third-order valence-electron chi connectivity index (χ3n) is 7.75. The Labute approximate surface area is 189 Å². The maximum absolute atomic E-state index is 14.8. The molecule has 0 spiro atoms. The van der Waals surface area contributed by atoms with Crippen LogP contribution in [0.15, 0.2) is 53.2 Å². The largest absolute Gasteiger partial charge is 0.407 e. The number of halogens is 1. The molecular weight excluding hydrogens is 403 g/mol. The van der Waals surface area contributed by atoms with Crippen molar-refractivity contribution in [3.63, 3.8) is 0 Å². The monoisotopic (exact) mass is 434 g/mol. The number of hydrogen-bond donors (Lipinski definition) is 2. The van der Waals surface area contributed by atoms with Gasteiger partial charge in [-0.3, -0.25) is 9.89 Å². The van der Waals surface area contributed by atoms with Gasteiger partial charge in [0.1, 0.15) is 17.4 Å². The number of hydrogen-bond acceptors (Lipinski definition) is 5. The highest BCUT2D eigenvalue weighted by Gasteiger charge is 2.47. The van der Waals surface area contributed by atoms with E-state index in [4.69, 9.17) is 9.83 Å². The first-order valence-corrected chi connectivity index (χ1v) is 11.9. The zero-order valence-corrected chi connectivity index (χ0v) is 18.8. The summed E-state index contributed by atoms with van der Waals surface area (Å²) in [4.78, 5) is 13.4. The highest BCUT2D eigenvalue weighted by molar-refractivity contribution is 5.98. The standard InChI is InChI=1S/C26H31FN4O/c1-26(2)15-31-12-11-28-23-10-6-17-5-8-19(25(17)29-23)20-13-18(7-9-22(20)27)32-30-24(31)14-21(26)16-3-4-16/h5-10,13,16-17,21,24,30H,3-4,11-12,14-15H2,1-2H3,(H,28,29)/t17?,21?,24-/m0/s1. The lowest BCUT2D eigenvalue weighted by Gasteiger charge is -2.49. The van der Waals surface area contributed by atoms with Crippen LogP contribution in [0.1, 0.15) is 38.7 Å². The molecule has 4 bridgehead atoms. The maximum Gasteiger partial charge on any atom is 0.148 e. The first kappa shape index (κ1) is 20.2. The third-order valence-corrected chi connectivity index (χ3v) is 7.75. The second-order valence-corrected chi connectivity index (χ2v) is 10.5. The van der Waals surface area contributed by atoms with Gasteiger partial charge in [0.25, 0.3) is 0 Å². The van der Waals surface area contributed by atoms with Crippen LogP contribution < -0.4 is 15.6 Å². The summed E-state index contributed by atoms with van der Waals surface area (Å²) in [5.41, 5.74) is 6.01. The third kappa shape index (κ3) is 3.59. The van der Waals surface area contributed by atoms with Crippen molar-refractivity contribution in [3.8, 4) is 5.75 Å². The number of hydroxylamine groups is 1. The van der Waals surface area contributed by atoms with E-state index in [1.54, 1.807) is 12.1 Å². The number of nitrogens with zero attached hydrogens (tertiary/aromatic N) is 2. The first-order valence-electron chi connectivity index (χ1n) is 11.9. The van der Waals surface area contributed by atoms with Gasteiger partial charge in [0.2, 0.25) is 0 Å². The van der Waals surface area contributed by atoms with Crippen molar-refractivity contribution in [1.29, 1.82) is 0 Å². The second kappa shape index (κ2) is 7.56. The molecule has 1 saturated heterocycles. The molecule has 2 aliphatic carbocycles. The minimum atomic E-state index is -0.248. The zero-order valence-electron chi connectivity index (χ0n) is 18.8. The zero-order chi connectivity index (χ0) is 21.9. The molecule has 2 fully saturated rings. The topological polar surface area (TPSA) is 48.9 Å². The van der Waals surface area contributed by atoms with Gasteiger partial charge in [0.15, 0.2) is 0 Å². The Balaban J connectivity index is 1.36. The van der Waals surface area contributed by atoms with Crippen molar-refractivity contribution in [2.24, 2.45) is 28.2 Å². The molecule has 168 valence electrons. The van der Waals surface area contributed by atoms with Gasteiger partial charge in [0.05, 0.1) is 12.7 Å². The van der Waals surface area contributed by atoms with Crippen LogP contribution in [0.5, 0.6) is 5.75 Å². The molecular formula is C26H31FN4O. The number of benzene rings is 1. The van der Waals surface area contributed by atoms with Crippen LogP contribution in [0.3, 0.4) is 0 Å². The molecule has 5 aliphatic rings. The van der Waals surface area contributed by atoms with Crippen LogP contribution in [0.25, 0.3) is 5.57 Å². The summed E-state index contributed by atoms with van der Waals surface area (Å²) >= 11 is 0. The number of nitrogens with one attached hydrogen (secondary N) is 2. The summed E-state index contributed by atoms with van der Waals surface area (Å²) in [5.74, 6) is 2.89. The summed E-state index contributed by atoms with van der Waals surface area (Å²) in [5, 5.41) is 3.46. The average molecular weight is 435 g/mol. The number of allylic oxidation sites excluding steroid dienone is 3. The fourth-order valence-corrected chi connectivity index (χ4v) is 5.93. The lowest BCUT2D eigenvalue weighted by atomic mass is 9.70. The van der Waals surface area contributed by atoms with Crippen molar-refractivity contribution in [2.75, 3.05) is 19.6 Å². The van der Waals surface area contributed by atoms with Gasteiger partial charge in [-0.15, -0.1) is 5.48 Å². The highest BCUT2D eigenvalue weighted by Crippen LogP contribution is 2.50. The highest BCUT2D eigenvalue weighted by atomic mass is 19.1. The number of amidine groups is 1. The first-order chi connectivity index (χ1) is 15.5. The van der Waals surface area contributed by atoms with E-state index in [1.165, 1.54) is 18.9 Å². The summed E-state index contributed by atoms with van der Waals surface area (Å²) < 4.78 is 14.8. The van der Waals surface area contributed by atoms with Crippen LogP contribution in [0.2, 0.25) is 0 Å². The average Bonchev–Trinajstić information content (AvgIpc) is 3.52. The van der Waals surface area contributed by atoms with Gasteiger partial charge in [-0.1, -0.05) is 32.1 Å². The quantitative estimate of drug-likeness (QED) is 0.693. The fraction of sp³-hybridized carbons (Fsp3) is 0.500. The van der Waals surface area contributed by atoms with E-state index in [2.05, 4.69) is 41.7 Å². The summed E-state index contributed by atoms with van der Waals surface area (Å²) in [7, 11) is 0.